The predicted molar refractivity (Wildman–Crippen MR) is 90.6 cm³/mol. The van der Waals surface area contributed by atoms with E-state index < -0.39 is 0 Å². The van der Waals surface area contributed by atoms with Gasteiger partial charge in [0.2, 0.25) is 5.91 Å². The van der Waals surface area contributed by atoms with Crippen LogP contribution in [0.2, 0.25) is 0 Å². The molecule has 4 rings (SSSR count). The largest absolute Gasteiger partial charge is 0.381 e. The van der Waals surface area contributed by atoms with Gasteiger partial charge in [-0.1, -0.05) is 0 Å². The van der Waals surface area contributed by atoms with Gasteiger partial charge in [-0.15, -0.1) is 0 Å². The molecule has 2 aliphatic rings. The van der Waals surface area contributed by atoms with Crippen molar-refractivity contribution in [1.82, 2.24) is 4.98 Å². The predicted octanol–water partition coefficient (Wildman–Crippen LogP) is 3.11. The lowest BCUT2D eigenvalue weighted by atomic mass is 9.75. The average Bonchev–Trinajstić information content (AvgIpc) is 2.94. The zero-order valence-electron chi connectivity index (χ0n) is 13.7. The number of nitrogens with two attached hydrogens (primary N) is 1. The van der Waals surface area contributed by atoms with Crippen LogP contribution in [0.1, 0.15) is 46.4 Å². The topological polar surface area (TPSA) is 68.1 Å². The van der Waals surface area contributed by atoms with Crippen LogP contribution in [0.4, 0.5) is 0 Å². The highest BCUT2D eigenvalue weighted by Gasteiger charge is 2.30. The van der Waals surface area contributed by atoms with E-state index in [1.54, 1.807) is 0 Å². The summed E-state index contributed by atoms with van der Waals surface area (Å²) in [6, 6.07) is 3.87. The van der Waals surface area contributed by atoms with E-state index >= 15 is 0 Å². The molecule has 1 fully saturated rings. The molecule has 1 aliphatic carbocycles. The van der Waals surface area contributed by atoms with Crippen LogP contribution in [0.15, 0.2) is 12.1 Å². The molecule has 1 unspecified atom stereocenters. The van der Waals surface area contributed by atoms with Crippen molar-refractivity contribution in [2.75, 3.05) is 13.2 Å². The van der Waals surface area contributed by atoms with Gasteiger partial charge in [0.25, 0.3) is 0 Å². The van der Waals surface area contributed by atoms with Crippen LogP contribution in [0, 0.1) is 18.8 Å². The van der Waals surface area contributed by atoms with Crippen molar-refractivity contribution in [2.45, 2.75) is 39.0 Å². The molecule has 1 amide bonds. The number of aromatic amines is 1. The van der Waals surface area contributed by atoms with E-state index in [0.717, 1.165) is 43.5 Å². The van der Waals surface area contributed by atoms with Gasteiger partial charge in [0.1, 0.15) is 0 Å². The van der Waals surface area contributed by atoms with Crippen LogP contribution in [0.5, 0.6) is 0 Å². The van der Waals surface area contributed by atoms with Gasteiger partial charge < -0.3 is 15.5 Å². The summed E-state index contributed by atoms with van der Waals surface area (Å²) in [4.78, 5) is 15.2. The molecule has 4 heteroatoms. The maximum Gasteiger partial charge on any atom is 0.248 e. The Balaban J connectivity index is 1.73. The van der Waals surface area contributed by atoms with Crippen LogP contribution in [0.25, 0.3) is 10.9 Å². The second kappa shape index (κ2) is 5.68. The Kier molecular flexibility index (Phi) is 3.64. The fourth-order valence-electron chi connectivity index (χ4n) is 4.45. The number of carbonyl (C=O) groups excluding carboxylic acids is 1. The Bertz CT molecular complexity index is 756. The number of rotatable bonds is 2. The van der Waals surface area contributed by atoms with Crippen molar-refractivity contribution in [2.24, 2.45) is 17.6 Å². The first-order chi connectivity index (χ1) is 11.1. The third-order valence-corrected chi connectivity index (χ3v) is 5.75. The molecule has 0 radical (unpaired) electrons. The molecular formula is C19H24N2O2. The first-order valence-electron chi connectivity index (χ1n) is 8.65. The lowest BCUT2D eigenvalue weighted by Crippen LogP contribution is -2.27. The van der Waals surface area contributed by atoms with E-state index in [-0.39, 0.29) is 5.91 Å². The SMILES string of the molecule is Cc1cc(C(N)=O)cc2c3c([nH]c12)CCC(C1CCOCC1)C3. The van der Waals surface area contributed by atoms with Crippen LogP contribution in [0.3, 0.4) is 0 Å². The number of nitrogens with one attached hydrogen (secondary N) is 1. The van der Waals surface area contributed by atoms with Gasteiger partial charge in [0.15, 0.2) is 0 Å². The number of hydrogen-bond donors (Lipinski definition) is 2. The smallest absolute Gasteiger partial charge is 0.248 e. The summed E-state index contributed by atoms with van der Waals surface area (Å²) < 4.78 is 5.52. The highest BCUT2D eigenvalue weighted by molar-refractivity contribution is 5.99. The Hall–Kier alpha value is -1.81. The fourth-order valence-corrected chi connectivity index (χ4v) is 4.45. The highest BCUT2D eigenvalue weighted by atomic mass is 16.5. The molecule has 23 heavy (non-hydrogen) atoms. The lowest BCUT2D eigenvalue weighted by molar-refractivity contribution is 0.0439. The molecule has 3 N–H and O–H groups in total. The first kappa shape index (κ1) is 14.8. The van der Waals surface area contributed by atoms with Gasteiger partial charge in [-0.2, -0.15) is 0 Å². The Morgan fingerprint density at radius 2 is 2.00 bits per heavy atom. The molecule has 122 valence electrons. The number of ether oxygens (including phenoxy) is 1. The Morgan fingerprint density at radius 1 is 1.22 bits per heavy atom. The third kappa shape index (κ3) is 2.55. The number of H-pyrrole nitrogens is 1. The second-order valence-corrected chi connectivity index (χ2v) is 7.11. The van der Waals surface area contributed by atoms with Gasteiger partial charge in [-0.3, -0.25) is 4.79 Å². The second-order valence-electron chi connectivity index (χ2n) is 7.11. The van der Waals surface area contributed by atoms with Gasteiger partial charge in [-0.25, -0.2) is 0 Å². The van der Waals surface area contributed by atoms with Crippen LogP contribution in [-0.4, -0.2) is 24.1 Å². The number of fused-ring (bicyclic) bond motifs is 3. The summed E-state index contributed by atoms with van der Waals surface area (Å²) in [7, 11) is 0. The van der Waals surface area contributed by atoms with Gasteiger partial charge in [-0.05, 0) is 74.1 Å². The summed E-state index contributed by atoms with van der Waals surface area (Å²) in [6.45, 7) is 3.87. The highest BCUT2D eigenvalue weighted by Crippen LogP contribution is 2.38. The van der Waals surface area contributed by atoms with Crippen molar-refractivity contribution >= 4 is 16.8 Å². The normalized spacial score (nSPS) is 22.2. The molecule has 0 bridgehead atoms. The van der Waals surface area contributed by atoms with Crippen molar-refractivity contribution in [3.05, 3.63) is 34.5 Å². The summed E-state index contributed by atoms with van der Waals surface area (Å²) in [5.41, 5.74) is 11.2. The molecule has 1 aliphatic heterocycles. The van der Waals surface area contributed by atoms with E-state index in [1.165, 1.54) is 41.4 Å². The minimum Gasteiger partial charge on any atom is -0.381 e. The molecule has 4 nitrogen and oxygen atoms in total. The quantitative estimate of drug-likeness (QED) is 0.894. The van der Waals surface area contributed by atoms with Gasteiger partial charge in [0, 0.05) is 35.4 Å². The van der Waals surface area contributed by atoms with E-state index in [4.69, 9.17) is 10.5 Å². The maximum atomic E-state index is 11.6. The van der Waals surface area contributed by atoms with Crippen LogP contribution < -0.4 is 5.73 Å². The van der Waals surface area contributed by atoms with Gasteiger partial charge >= 0.3 is 0 Å². The number of primary amides is 1. The monoisotopic (exact) mass is 312 g/mol. The van der Waals surface area contributed by atoms with E-state index in [2.05, 4.69) is 4.98 Å². The maximum absolute atomic E-state index is 11.6. The zero-order chi connectivity index (χ0) is 16.0. The lowest BCUT2D eigenvalue weighted by Gasteiger charge is -2.33. The number of aromatic nitrogens is 1. The molecule has 0 saturated carbocycles. The number of hydrogen-bond acceptors (Lipinski definition) is 2. The van der Waals surface area contributed by atoms with E-state index in [9.17, 15) is 4.79 Å². The Morgan fingerprint density at radius 3 is 2.74 bits per heavy atom. The molecule has 1 aromatic heterocycles. The standard InChI is InChI=1S/C19H24N2O2/c1-11-8-14(19(20)22)10-16-15-9-13(12-4-6-23-7-5-12)2-3-17(15)21-18(11)16/h8,10,12-13,21H,2-7,9H2,1H3,(H2,20,22). The summed E-state index contributed by atoms with van der Waals surface area (Å²) in [6.07, 6.45) is 5.85. The molecule has 2 heterocycles. The van der Waals surface area contributed by atoms with Crippen molar-refractivity contribution in [3.63, 3.8) is 0 Å². The summed E-state index contributed by atoms with van der Waals surface area (Å²) in [5.74, 6) is 1.17. The molecule has 1 atom stereocenters. The molecule has 0 spiro atoms. The molecule has 1 saturated heterocycles. The number of carbonyl (C=O) groups is 1. The van der Waals surface area contributed by atoms with Crippen LogP contribution in [-0.2, 0) is 17.6 Å². The summed E-state index contributed by atoms with van der Waals surface area (Å²) >= 11 is 0. The zero-order valence-corrected chi connectivity index (χ0v) is 13.7. The number of amides is 1. The van der Waals surface area contributed by atoms with Gasteiger partial charge in [0.05, 0.1) is 0 Å². The molecule has 1 aromatic carbocycles. The average molecular weight is 312 g/mol. The fraction of sp³-hybridized carbons (Fsp3) is 0.526. The Labute approximate surface area is 136 Å². The minimum absolute atomic E-state index is 0.346. The van der Waals surface area contributed by atoms with E-state index in [1.807, 2.05) is 19.1 Å². The van der Waals surface area contributed by atoms with Crippen LogP contribution >= 0.6 is 0 Å². The minimum atomic E-state index is -0.346. The van der Waals surface area contributed by atoms with E-state index in [0.29, 0.717) is 5.56 Å². The first-order valence-corrected chi connectivity index (χ1v) is 8.65. The van der Waals surface area contributed by atoms with Crippen molar-refractivity contribution in [1.29, 1.82) is 0 Å². The molecular weight excluding hydrogens is 288 g/mol. The third-order valence-electron chi connectivity index (χ3n) is 5.75. The number of benzene rings is 1. The number of aryl methyl sites for hydroxylation is 2. The van der Waals surface area contributed by atoms with Crippen molar-refractivity contribution in [3.8, 4) is 0 Å². The van der Waals surface area contributed by atoms with Crippen molar-refractivity contribution < 1.29 is 9.53 Å². The summed E-state index contributed by atoms with van der Waals surface area (Å²) in [5, 5.41) is 1.20. The molecule has 2 aromatic rings.